The molecule has 1 N–H and O–H groups in total. The van der Waals surface area contributed by atoms with Gasteiger partial charge >= 0.3 is 5.69 Å². The van der Waals surface area contributed by atoms with Gasteiger partial charge in [-0.2, -0.15) is 0 Å². The van der Waals surface area contributed by atoms with Crippen LogP contribution in [0.1, 0.15) is 30.6 Å². The lowest BCUT2D eigenvalue weighted by atomic mass is 10.1. The van der Waals surface area contributed by atoms with Crippen molar-refractivity contribution in [3.05, 3.63) is 33.9 Å². The average Bonchev–Trinajstić information content (AvgIpc) is 2.42. The quantitative estimate of drug-likeness (QED) is 0.641. The van der Waals surface area contributed by atoms with Crippen LogP contribution in [0.5, 0.6) is 0 Å². The molecule has 1 aromatic carbocycles. The molecule has 20 heavy (non-hydrogen) atoms. The monoisotopic (exact) mass is 279 g/mol. The number of nitrogens with zero attached hydrogens (tertiary/aromatic N) is 2. The third-order valence-corrected chi connectivity index (χ3v) is 3.11. The summed E-state index contributed by atoms with van der Waals surface area (Å²) in [5.41, 5.74) is 0.294. The first kappa shape index (κ1) is 15.9. The summed E-state index contributed by atoms with van der Waals surface area (Å²) in [6.45, 7) is 4.72. The molecule has 1 aromatic rings. The van der Waals surface area contributed by atoms with Crippen LogP contribution in [0.3, 0.4) is 0 Å². The van der Waals surface area contributed by atoms with E-state index in [1.54, 1.807) is 26.2 Å². The van der Waals surface area contributed by atoms with E-state index < -0.39 is 4.92 Å². The molecule has 6 nitrogen and oxygen atoms in total. The van der Waals surface area contributed by atoms with E-state index in [-0.39, 0.29) is 17.2 Å². The van der Waals surface area contributed by atoms with E-state index >= 15 is 0 Å². The number of benzene rings is 1. The summed E-state index contributed by atoms with van der Waals surface area (Å²) in [6, 6.07) is 4.72. The largest absolute Gasteiger partial charge is 0.383 e. The maximum Gasteiger partial charge on any atom is 0.305 e. The minimum Gasteiger partial charge on any atom is -0.383 e. The summed E-state index contributed by atoms with van der Waals surface area (Å²) < 4.78 is 0. The van der Waals surface area contributed by atoms with E-state index in [1.807, 2.05) is 0 Å². The first-order valence-electron chi connectivity index (χ1n) is 6.59. The zero-order chi connectivity index (χ0) is 15.3. The lowest BCUT2D eigenvalue weighted by Gasteiger charge is -2.18. The molecule has 0 atom stereocenters. The number of anilines is 1. The summed E-state index contributed by atoms with van der Waals surface area (Å²) in [5.74, 6) is 0.151. The third kappa shape index (κ3) is 3.69. The molecule has 0 aliphatic carbocycles. The number of hydrogen-bond acceptors (Lipinski definition) is 4. The van der Waals surface area contributed by atoms with Crippen LogP contribution in [0, 0.1) is 16.0 Å². The van der Waals surface area contributed by atoms with Crippen molar-refractivity contribution in [2.45, 2.75) is 20.3 Å². The molecule has 0 fully saturated rings. The fourth-order valence-corrected chi connectivity index (χ4v) is 1.87. The summed E-state index contributed by atoms with van der Waals surface area (Å²) in [7, 11) is 3.26. The summed E-state index contributed by atoms with van der Waals surface area (Å²) in [6.07, 6.45) is 0.863. The van der Waals surface area contributed by atoms with E-state index in [2.05, 4.69) is 19.2 Å². The van der Waals surface area contributed by atoms with Gasteiger partial charge < -0.3 is 10.2 Å². The maximum atomic E-state index is 12.3. The van der Waals surface area contributed by atoms with Crippen LogP contribution in [-0.4, -0.2) is 36.4 Å². The number of nitro benzene ring substituents is 1. The number of nitrogens with one attached hydrogen (secondary N) is 1. The Labute approximate surface area is 118 Å². The van der Waals surface area contributed by atoms with Crippen molar-refractivity contribution in [2.75, 3.05) is 26.0 Å². The Morgan fingerprint density at radius 1 is 1.45 bits per heavy atom. The molecule has 0 bridgehead atoms. The van der Waals surface area contributed by atoms with Gasteiger partial charge in [0.15, 0.2) is 0 Å². The number of para-hydroxylation sites is 1. The van der Waals surface area contributed by atoms with Gasteiger partial charge in [-0.25, -0.2) is 0 Å². The summed E-state index contributed by atoms with van der Waals surface area (Å²) >= 11 is 0. The van der Waals surface area contributed by atoms with Crippen molar-refractivity contribution in [2.24, 2.45) is 5.92 Å². The van der Waals surface area contributed by atoms with Crippen LogP contribution in [0.4, 0.5) is 11.4 Å². The minimum atomic E-state index is -0.518. The number of carbonyl (C=O) groups is 1. The van der Waals surface area contributed by atoms with Crippen LogP contribution < -0.4 is 5.32 Å². The Morgan fingerprint density at radius 2 is 2.10 bits per heavy atom. The van der Waals surface area contributed by atoms with Crippen molar-refractivity contribution in [3.63, 3.8) is 0 Å². The van der Waals surface area contributed by atoms with Crippen LogP contribution in [0.25, 0.3) is 0 Å². The van der Waals surface area contributed by atoms with Crippen LogP contribution in [0.2, 0.25) is 0 Å². The first-order chi connectivity index (χ1) is 9.38. The van der Waals surface area contributed by atoms with E-state index in [9.17, 15) is 14.9 Å². The van der Waals surface area contributed by atoms with Crippen molar-refractivity contribution in [3.8, 4) is 0 Å². The molecule has 0 saturated heterocycles. The third-order valence-electron chi connectivity index (χ3n) is 3.11. The number of nitro groups is 1. The Morgan fingerprint density at radius 3 is 2.60 bits per heavy atom. The summed E-state index contributed by atoms with van der Waals surface area (Å²) in [5, 5.41) is 13.9. The maximum absolute atomic E-state index is 12.3. The summed E-state index contributed by atoms with van der Waals surface area (Å²) in [4.78, 5) is 24.5. The van der Waals surface area contributed by atoms with E-state index in [4.69, 9.17) is 0 Å². The van der Waals surface area contributed by atoms with Gasteiger partial charge in [0.2, 0.25) is 0 Å². The van der Waals surface area contributed by atoms with Crippen molar-refractivity contribution >= 4 is 17.3 Å². The molecule has 0 heterocycles. The Bertz CT molecular complexity index is 500. The molecule has 0 unspecified atom stereocenters. The fraction of sp³-hybridized carbons (Fsp3) is 0.500. The Hall–Kier alpha value is -2.11. The molecule has 0 saturated carbocycles. The van der Waals surface area contributed by atoms with Gasteiger partial charge in [-0.1, -0.05) is 19.9 Å². The molecule has 0 aliphatic rings. The Balaban J connectivity index is 3.06. The molecule has 0 aliphatic heterocycles. The van der Waals surface area contributed by atoms with Gasteiger partial charge in [-0.3, -0.25) is 14.9 Å². The number of rotatable bonds is 6. The van der Waals surface area contributed by atoms with Crippen LogP contribution in [-0.2, 0) is 0 Å². The highest BCUT2D eigenvalue weighted by Gasteiger charge is 2.25. The second kappa shape index (κ2) is 6.88. The van der Waals surface area contributed by atoms with Gasteiger partial charge in [0, 0.05) is 20.6 Å². The van der Waals surface area contributed by atoms with Crippen molar-refractivity contribution in [1.29, 1.82) is 0 Å². The molecule has 0 radical (unpaired) electrons. The molecular weight excluding hydrogens is 258 g/mol. The fourth-order valence-electron chi connectivity index (χ4n) is 1.87. The van der Waals surface area contributed by atoms with E-state index in [0.29, 0.717) is 18.2 Å². The highest BCUT2D eigenvalue weighted by Crippen LogP contribution is 2.29. The van der Waals surface area contributed by atoms with Gasteiger partial charge in [-0.05, 0) is 24.5 Å². The average molecular weight is 279 g/mol. The standard InChI is InChI=1S/C14H21N3O3/c1-10(2)8-9-16(4)14(18)11-6-5-7-12(15-3)13(11)17(19)20/h5-7,10,15H,8-9H2,1-4H3. The highest BCUT2D eigenvalue weighted by molar-refractivity contribution is 6.00. The van der Waals surface area contributed by atoms with Gasteiger partial charge in [-0.15, -0.1) is 0 Å². The van der Waals surface area contributed by atoms with Crippen molar-refractivity contribution < 1.29 is 9.72 Å². The molecule has 110 valence electrons. The predicted molar refractivity (Wildman–Crippen MR) is 79.1 cm³/mol. The van der Waals surface area contributed by atoms with E-state index in [0.717, 1.165) is 6.42 Å². The molecule has 1 amide bonds. The van der Waals surface area contributed by atoms with Crippen LogP contribution in [0.15, 0.2) is 18.2 Å². The lowest BCUT2D eigenvalue weighted by Crippen LogP contribution is -2.29. The zero-order valence-corrected chi connectivity index (χ0v) is 12.3. The highest BCUT2D eigenvalue weighted by atomic mass is 16.6. The first-order valence-corrected chi connectivity index (χ1v) is 6.59. The second-order valence-corrected chi connectivity index (χ2v) is 5.12. The predicted octanol–water partition coefficient (Wildman–Crippen LogP) is 2.75. The molecule has 0 aromatic heterocycles. The molecular formula is C14H21N3O3. The van der Waals surface area contributed by atoms with Gasteiger partial charge in [0.1, 0.15) is 11.3 Å². The normalized spacial score (nSPS) is 10.4. The molecule has 0 spiro atoms. The smallest absolute Gasteiger partial charge is 0.305 e. The number of carbonyl (C=O) groups excluding carboxylic acids is 1. The lowest BCUT2D eigenvalue weighted by molar-refractivity contribution is -0.384. The zero-order valence-electron chi connectivity index (χ0n) is 12.3. The number of hydrogen-bond donors (Lipinski definition) is 1. The van der Waals surface area contributed by atoms with Crippen molar-refractivity contribution in [1.82, 2.24) is 4.90 Å². The van der Waals surface area contributed by atoms with Crippen LogP contribution >= 0.6 is 0 Å². The van der Waals surface area contributed by atoms with Gasteiger partial charge in [0.25, 0.3) is 5.91 Å². The Kier molecular flexibility index (Phi) is 5.49. The minimum absolute atomic E-state index is 0.119. The SMILES string of the molecule is CNc1cccc(C(=O)N(C)CCC(C)C)c1[N+](=O)[O-]. The second-order valence-electron chi connectivity index (χ2n) is 5.12. The molecule has 6 heteroatoms. The topological polar surface area (TPSA) is 75.5 Å². The molecule has 1 rings (SSSR count). The van der Waals surface area contributed by atoms with E-state index in [1.165, 1.54) is 11.0 Å². The van der Waals surface area contributed by atoms with Gasteiger partial charge in [0.05, 0.1) is 4.92 Å². The number of amides is 1.